The number of carbonyl (C=O) groups is 1. The zero-order valence-corrected chi connectivity index (χ0v) is 10.3. The second-order valence-electron chi connectivity index (χ2n) is 4.01. The molecule has 0 aliphatic carbocycles. The molecule has 88 valence electrons. The summed E-state index contributed by atoms with van der Waals surface area (Å²) in [5, 5.41) is 0. The Morgan fingerprint density at radius 3 is 2.69 bits per heavy atom. The zero-order chi connectivity index (χ0) is 12.0. The van der Waals surface area contributed by atoms with E-state index >= 15 is 0 Å². The van der Waals surface area contributed by atoms with Crippen molar-refractivity contribution in [2.24, 2.45) is 0 Å². The van der Waals surface area contributed by atoms with Crippen LogP contribution in [0.1, 0.15) is 43.7 Å². The molecular weight excluding hydrogens is 200 g/mol. The van der Waals surface area contributed by atoms with Crippen LogP contribution in [0.3, 0.4) is 0 Å². The molecule has 0 aliphatic rings. The van der Waals surface area contributed by atoms with Gasteiger partial charge in [0.2, 0.25) is 0 Å². The number of aryl methyl sites for hydroxylation is 1. The Kier molecular flexibility index (Phi) is 5.03. The van der Waals surface area contributed by atoms with Gasteiger partial charge in [0.15, 0.2) is 0 Å². The van der Waals surface area contributed by atoms with Crippen LogP contribution in [0.15, 0.2) is 24.3 Å². The van der Waals surface area contributed by atoms with E-state index in [-0.39, 0.29) is 11.9 Å². The van der Waals surface area contributed by atoms with Crippen LogP contribution >= 0.6 is 0 Å². The van der Waals surface area contributed by atoms with Crippen molar-refractivity contribution < 1.29 is 9.53 Å². The summed E-state index contributed by atoms with van der Waals surface area (Å²) in [4.78, 5) is 11.8. The molecule has 0 saturated heterocycles. The van der Waals surface area contributed by atoms with Crippen molar-refractivity contribution in [1.82, 2.24) is 0 Å². The van der Waals surface area contributed by atoms with Gasteiger partial charge in [-0.05, 0) is 25.8 Å². The average molecular weight is 220 g/mol. The molecule has 0 amide bonds. The fraction of sp³-hybridized carbons (Fsp3) is 0.500. The monoisotopic (exact) mass is 220 g/mol. The van der Waals surface area contributed by atoms with E-state index in [1.807, 2.05) is 32.0 Å². The minimum atomic E-state index is -0.107. The first kappa shape index (κ1) is 12.8. The van der Waals surface area contributed by atoms with Crippen LogP contribution in [0.4, 0.5) is 0 Å². The molecular formula is C14H20O2. The van der Waals surface area contributed by atoms with Crippen molar-refractivity contribution in [2.75, 3.05) is 6.61 Å². The number of ether oxygens (including phenoxy) is 1. The molecule has 1 atom stereocenters. The molecule has 0 N–H and O–H groups in total. The van der Waals surface area contributed by atoms with E-state index in [1.54, 1.807) is 0 Å². The van der Waals surface area contributed by atoms with Gasteiger partial charge in [-0.2, -0.15) is 0 Å². The minimum absolute atomic E-state index is 0.102. The zero-order valence-electron chi connectivity index (χ0n) is 10.3. The summed E-state index contributed by atoms with van der Waals surface area (Å²) in [7, 11) is 0. The van der Waals surface area contributed by atoms with Crippen LogP contribution in [0.2, 0.25) is 0 Å². The van der Waals surface area contributed by atoms with Crippen molar-refractivity contribution in [3.8, 4) is 0 Å². The fourth-order valence-corrected chi connectivity index (χ4v) is 1.84. The Morgan fingerprint density at radius 1 is 1.38 bits per heavy atom. The third-order valence-electron chi connectivity index (χ3n) is 2.59. The van der Waals surface area contributed by atoms with Crippen LogP contribution in [0.5, 0.6) is 0 Å². The molecule has 0 bridgehead atoms. The molecule has 0 fully saturated rings. The lowest BCUT2D eigenvalue weighted by molar-refractivity contribution is -0.145. The van der Waals surface area contributed by atoms with E-state index < -0.39 is 0 Å². The highest BCUT2D eigenvalue weighted by Gasteiger charge is 2.20. The van der Waals surface area contributed by atoms with Gasteiger partial charge in [-0.1, -0.05) is 43.2 Å². The van der Waals surface area contributed by atoms with Crippen molar-refractivity contribution in [2.45, 2.75) is 39.5 Å². The molecule has 0 radical (unpaired) electrons. The number of hydrogen-bond donors (Lipinski definition) is 0. The van der Waals surface area contributed by atoms with Gasteiger partial charge in [0.25, 0.3) is 0 Å². The first-order valence-electron chi connectivity index (χ1n) is 5.92. The molecule has 1 rings (SSSR count). The number of carbonyl (C=O) groups excluding carboxylic acids is 1. The van der Waals surface area contributed by atoms with Crippen molar-refractivity contribution in [3.05, 3.63) is 35.4 Å². The van der Waals surface area contributed by atoms with Gasteiger partial charge in [-0.3, -0.25) is 4.79 Å². The topological polar surface area (TPSA) is 26.3 Å². The SMILES string of the molecule is CCCC(C(=O)OCC)c1cccc(C)c1. The fourth-order valence-electron chi connectivity index (χ4n) is 1.84. The maximum atomic E-state index is 11.8. The maximum absolute atomic E-state index is 11.8. The third kappa shape index (κ3) is 3.37. The summed E-state index contributed by atoms with van der Waals surface area (Å²) in [5.74, 6) is -0.209. The molecule has 0 aromatic heterocycles. The Bertz CT molecular complexity index is 344. The van der Waals surface area contributed by atoms with Crippen molar-refractivity contribution in [1.29, 1.82) is 0 Å². The van der Waals surface area contributed by atoms with Crippen LogP contribution in [0.25, 0.3) is 0 Å². The van der Waals surface area contributed by atoms with E-state index in [9.17, 15) is 4.79 Å². The molecule has 0 saturated carbocycles. The highest BCUT2D eigenvalue weighted by molar-refractivity contribution is 5.78. The number of rotatable bonds is 5. The number of esters is 1. The van der Waals surface area contributed by atoms with E-state index in [0.717, 1.165) is 18.4 Å². The summed E-state index contributed by atoms with van der Waals surface area (Å²) in [6.07, 6.45) is 1.83. The summed E-state index contributed by atoms with van der Waals surface area (Å²) in [6, 6.07) is 8.10. The predicted octanol–water partition coefficient (Wildman–Crippen LogP) is 3.44. The van der Waals surface area contributed by atoms with Crippen molar-refractivity contribution in [3.63, 3.8) is 0 Å². The van der Waals surface area contributed by atoms with Gasteiger partial charge >= 0.3 is 5.97 Å². The molecule has 1 aromatic carbocycles. The smallest absolute Gasteiger partial charge is 0.313 e. The van der Waals surface area contributed by atoms with Crippen LogP contribution in [-0.4, -0.2) is 12.6 Å². The van der Waals surface area contributed by atoms with E-state index in [4.69, 9.17) is 4.74 Å². The lowest BCUT2D eigenvalue weighted by atomic mass is 9.93. The Labute approximate surface area is 97.6 Å². The highest BCUT2D eigenvalue weighted by atomic mass is 16.5. The largest absolute Gasteiger partial charge is 0.466 e. The van der Waals surface area contributed by atoms with E-state index in [1.165, 1.54) is 5.56 Å². The first-order chi connectivity index (χ1) is 7.69. The van der Waals surface area contributed by atoms with Gasteiger partial charge in [0.05, 0.1) is 12.5 Å². The van der Waals surface area contributed by atoms with E-state index in [2.05, 4.69) is 13.0 Å². The molecule has 1 aromatic rings. The molecule has 1 unspecified atom stereocenters. The normalized spacial score (nSPS) is 12.2. The average Bonchev–Trinajstić information content (AvgIpc) is 2.26. The Morgan fingerprint density at radius 2 is 2.12 bits per heavy atom. The van der Waals surface area contributed by atoms with Gasteiger partial charge in [-0.25, -0.2) is 0 Å². The van der Waals surface area contributed by atoms with E-state index in [0.29, 0.717) is 6.61 Å². The van der Waals surface area contributed by atoms with Gasteiger partial charge in [-0.15, -0.1) is 0 Å². The minimum Gasteiger partial charge on any atom is -0.466 e. The predicted molar refractivity (Wildman–Crippen MR) is 65.5 cm³/mol. The number of benzene rings is 1. The summed E-state index contributed by atoms with van der Waals surface area (Å²) < 4.78 is 5.11. The van der Waals surface area contributed by atoms with Gasteiger partial charge < -0.3 is 4.74 Å². The Hall–Kier alpha value is -1.31. The first-order valence-corrected chi connectivity index (χ1v) is 5.92. The lowest BCUT2D eigenvalue weighted by Gasteiger charge is -2.15. The molecule has 16 heavy (non-hydrogen) atoms. The lowest BCUT2D eigenvalue weighted by Crippen LogP contribution is -2.16. The second kappa shape index (κ2) is 6.31. The molecule has 0 heterocycles. The summed E-state index contributed by atoms with van der Waals surface area (Å²) in [5.41, 5.74) is 2.25. The third-order valence-corrected chi connectivity index (χ3v) is 2.59. The van der Waals surface area contributed by atoms with Crippen LogP contribution in [0, 0.1) is 6.92 Å². The van der Waals surface area contributed by atoms with Gasteiger partial charge in [0.1, 0.15) is 0 Å². The van der Waals surface area contributed by atoms with Gasteiger partial charge in [0, 0.05) is 0 Å². The second-order valence-corrected chi connectivity index (χ2v) is 4.01. The molecule has 0 spiro atoms. The maximum Gasteiger partial charge on any atom is 0.313 e. The summed E-state index contributed by atoms with van der Waals surface area (Å²) >= 11 is 0. The van der Waals surface area contributed by atoms with Crippen LogP contribution in [-0.2, 0) is 9.53 Å². The molecule has 2 nitrogen and oxygen atoms in total. The Balaban J connectivity index is 2.88. The standard InChI is InChI=1S/C14H20O2/c1-4-7-13(14(15)16-5-2)12-9-6-8-11(3)10-12/h6,8-10,13H,4-5,7H2,1-3H3. The molecule has 0 aliphatic heterocycles. The summed E-state index contributed by atoms with van der Waals surface area (Å²) in [6.45, 7) is 6.42. The highest BCUT2D eigenvalue weighted by Crippen LogP contribution is 2.23. The number of hydrogen-bond acceptors (Lipinski definition) is 2. The molecule has 2 heteroatoms. The quantitative estimate of drug-likeness (QED) is 0.710. The van der Waals surface area contributed by atoms with Crippen LogP contribution < -0.4 is 0 Å². The van der Waals surface area contributed by atoms with Crippen molar-refractivity contribution >= 4 is 5.97 Å².